The molecule has 0 aromatic heterocycles. The standard InChI is InChI=1S/C19H16BrNO5/c1-19(10-11-9-12(20)7-8-13(11)17(23)26-19)18(24)21-15-6-4-3-5-14(15)16(22)25-2/h3-9H,10H2,1-2H3,(H,21,24). The first-order valence-electron chi connectivity index (χ1n) is 7.84. The molecule has 0 aliphatic carbocycles. The summed E-state index contributed by atoms with van der Waals surface area (Å²) in [5.74, 6) is -1.65. The van der Waals surface area contributed by atoms with E-state index in [1.807, 2.05) is 0 Å². The zero-order valence-corrected chi connectivity index (χ0v) is 15.8. The van der Waals surface area contributed by atoms with Crippen molar-refractivity contribution >= 4 is 39.5 Å². The number of ether oxygens (including phenoxy) is 2. The molecule has 1 amide bonds. The molecule has 1 aliphatic heterocycles. The zero-order valence-electron chi connectivity index (χ0n) is 14.2. The lowest BCUT2D eigenvalue weighted by molar-refractivity contribution is -0.134. The summed E-state index contributed by atoms with van der Waals surface area (Å²) in [4.78, 5) is 37.0. The maximum absolute atomic E-state index is 12.8. The van der Waals surface area contributed by atoms with Gasteiger partial charge >= 0.3 is 11.9 Å². The third-order valence-electron chi connectivity index (χ3n) is 4.19. The van der Waals surface area contributed by atoms with E-state index in [0.717, 1.165) is 10.0 Å². The summed E-state index contributed by atoms with van der Waals surface area (Å²) in [6.07, 6.45) is 0.222. The van der Waals surface area contributed by atoms with Gasteiger partial charge in [-0.25, -0.2) is 9.59 Å². The molecule has 7 heteroatoms. The Morgan fingerprint density at radius 3 is 2.69 bits per heavy atom. The molecule has 3 rings (SSSR count). The predicted octanol–water partition coefficient (Wildman–Crippen LogP) is 3.35. The molecule has 6 nitrogen and oxygen atoms in total. The van der Waals surface area contributed by atoms with E-state index in [0.29, 0.717) is 11.3 Å². The SMILES string of the molecule is COC(=O)c1ccccc1NC(=O)C1(C)Cc2cc(Br)ccc2C(=O)O1. The second-order valence-electron chi connectivity index (χ2n) is 6.09. The van der Waals surface area contributed by atoms with Crippen molar-refractivity contribution < 1.29 is 23.9 Å². The van der Waals surface area contributed by atoms with Crippen LogP contribution in [-0.2, 0) is 20.7 Å². The summed E-state index contributed by atoms with van der Waals surface area (Å²) < 4.78 is 11.0. The van der Waals surface area contributed by atoms with Gasteiger partial charge in [-0.3, -0.25) is 4.79 Å². The van der Waals surface area contributed by atoms with Gasteiger partial charge in [-0.2, -0.15) is 0 Å². The summed E-state index contributed by atoms with van der Waals surface area (Å²) in [5, 5.41) is 2.67. The molecule has 26 heavy (non-hydrogen) atoms. The molecular weight excluding hydrogens is 402 g/mol. The molecule has 0 radical (unpaired) electrons. The minimum Gasteiger partial charge on any atom is -0.465 e. The number of halogens is 1. The molecule has 0 spiro atoms. The van der Waals surface area contributed by atoms with E-state index in [-0.39, 0.29) is 12.0 Å². The van der Waals surface area contributed by atoms with Crippen LogP contribution in [-0.4, -0.2) is 30.6 Å². The molecule has 2 aromatic carbocycles. The van der Waals surface area contributed by atoms with Crippen LogP contribution < -0.4 is 5.32 Å². The second kappa shape index (κ2) is 6.92. The number of carbonyl (C=O) groups excluding carboxylic acids is 3. The first-order valence-corrected chi connectivity index (χ1v) is 8.64. The van der Waals surface area contributed by atoms with Crippen molar-refractivity contribution in [2.75, 3.05) is 12.4 Å². The quantitative estimate of drug-likeness (QED) is 0.774. The minimum atomic E-state index is -1.39. The second-order valence-corrected chi connectivity index (χ2v) is 7.01. The maximum Gasteiger partial charge on any atom is 0.339 e. The van der Waals surface area contributed by atoms with Gasteiger partial charge in [-0.1, -0.05) is 28.1 Å². The number of amides is 1. The smallest absolute Gasteiger partial charge is 0.339 e. The summed E-state index contributed by atoms with van der Waals surface area (Å²) >= 11 is 3.37. The normalized spacial score (nSPS) is 18.5. The van der Waals surface area contributed by atoms with Gasteiger partial charge in [0.1, 0.15) is 0 Å². The van der Waals surface area contributed by atoms with Gasteiger partial charge in [0.25, 0.3) is 5.91 Å². The van der Waals surface area contributed by atoms with Crippen LogP contribution in [0.5, 0.6) is 0 Å². The van der Waals surface area contributed by atoms with Crippen molar-refractivity contribution in [1.82, 2.24) is 0 Å². The van der Waals surface area contributed by atoms with Crippen molar-refractivity contribution in [2.45, 2.75) is 18.9 Å². The van der Waals surface area contributed by atoms with Crippen LogP contribution in [0.2, 0.25) is 0 Å². The van der Waals surface area contributed by atoms with Crippen molar-refractivity contribution in [3.8, 4) is 0 Å². The Morgan fingerprint density at radius 2 is 1.96 bits per heavy atom. The number of esters is 2. The number of cyclic esters (lactones) is 1. The lowest BCUT2D eigenvalue weighted by atomic mass is 9.89. The molecule has 0 saturated heterocycles. The highest BCUT2D eigenvalue weighted by Crippen LogP contribution is 2.31. The van der Waals surface area contributed by atoms with Crippen molar-refractivity contribution in [1.29, 1.82) is 0 Å². The first kappa shape index (κ1) is 18.1. The van der Waals surface area contributed by atoms with Gasteiger partial charge in [0.2, 0.25) is 0 Å². The lowest BCUT2D eigenvalue weighted by Crippen LogP contribution is -2.49. The van der Waals surface area contributed by atoms with Gasteiger partial charge in [0.05, 0.1) is 23.9 Å². The van der Waals surface area contributed by atoms with Crippen LogP contribution in [0.1, 0.15) is 33.2 Å². The highest BCUT2D eigenvalue weighted by atomic mass is 79.9. The van der Waals surface area contributed by atoms with E-state index >= 15 is 0 Å². The molecule has 0 fully saturated rings. The first-order chi connectivity index (χ1) is 12.3. The number of anilines is 1. The van der Waals surface area contributed by atoms with Crippen LogP contribution in [0, 0.1) is 0 Å². The Labute approximate surface area is 158 Å². The number of hydrogen-bond acceptors (Lipinski definition) is 5. The van der Waals surface area contributed by atoms with Crippen molar-refractivity contribution in [2.24, 2.45) is 0 Å². The molecule has 2 aromatic rings. The van der Waals surface area contributed by atoms with E-state index in [9.17, 15) is 14.4 Å². The van der Waals surface area contributed by atoms with Gasteiger partial charge in [-0.15, -0.1) is 0 Å². The lowest BCUT2D eigenvalue weighted by Gasteiger charge is -2.33. The number of para-hydroxylation sites is 1. The average molecular weight is 418 g/mol. The van der Waals surface area contributed by atoms with E-state index < -0.39 is 23.4 Å². The molecule has 1 aliphatic rings. The number of fused-ring (bicyclic) bond motifs is 1. The summed E-state index contributed by atoms with van der Waals surface area (Å²) in [6, 6.07) is 11.7. The van der Waals surface area contributed by atoms with Crippen molar-refractivity contribution in [3.63, 3.8) is 0 Å². The number of nitrogens with one attached hydrogen (secondary N) is 1. The number of carbonyl (C=O) groups is 3. The van der Waals surface area contributed by atoms with Gasteiger partial charge < -0.3 is 14.8 Å². The fourth-order valence-corrected chi connectivity index (χ4v) is 3.24. The van der Waals surface area contributed by atoms with Crippen LogP contribution in [0.4, 0.5) is 5.69 Å². The van der Waals surface area contributed by atoms with E-state index in [2.05, 4.69) is 21.2 Å². The number of hydrogen-bond donors (Lipinski definition) is 1. The molecule has 134 valence electrons. The van der Waals surface area contributed by atoms with E-state index in [4.69, 9.17) is 9.47 Å². The molecule has 1 unspecified atom stereocenters. The molecule has 0 bridgehead atoms. The van der Waals surface area contributed by atoms with Crippen LogP contribution in [0.25, 0.3) is 0 Å². The molecular formula is C19H16BrNO5. The minimum absolute atomic E-state index is 0.220. The molecule has 1 heterocycles. The number of methoxy groups -OCH3 is 1. The van der Waals surface area contributed by atoms with Crippen molar-refractivity contribution in [3.05, 3.63) is 63.6 Å². The van der Waals surface area contributed by atoms with Crippen LogP contribution >= 0.6 is 15.9 Å². The highest BCUT2D eigenvalue weighted by Gasteiger charge is 2.43. The fourth-order valence-electron chi connectivity index (χ4n) is 2.83. The largest absolute Gasteiger partial charge is 0.465 e. The topological polar surface area (TPSA) is 81.7 Å². The average Bonchev–Trinajstić information content (AvgIpc) is 2.61. The Kier molecular flexibility index (Phi) is 4.82. The Bertz CT molecular complexity index is 911. The fraction of sp³-hybridized carbons (Fsp3) is 0.211. The summed E-state index contributed by atoms with van der Waals surface area (Å²) in [7, 11) is 1.26. The van der Waals surface area contributed by atoms with Crippen LogP contribution in [0.15, 0.2) is 46.9 Å². The predicted molar refractivity (Wildman–Crippen MR) is 98.1 cm³/mol. The Morgan fingerprint density at radius 1 is 1.23 bits per heavy atom. The molecule has 1 N–H and O–H groups in total. The Balaban J connectivity index is 1.89. The maximum atomic E-state index is 12.8. The Hall–Kier alpha value is -2.67. The van der Waals surface area contributed by atoms with Gasteiger partial charge in [0.15, 0.2) is 5.60 Å². The third kappa shape index (κ3) is 3.35. The zero-order chi connectivity index (χ0) is 18.9. The van der Waals surface area contributed by atoms with Crippen LogP contribution in [0.3, 0.4) is 0 Å². The van der Waals surface area contributed by atoms with Gasteiger partial charge in [-0.05, 0) is 42.8 Å². The number of rotatable bonds is 3. The summed E-state index contributed by atoms with van der Waals surface area (Å²) in [6.45, 7) is 1.55. The van der Waals surface area contributed by atoms with E-state index in [1.165, 1.54) is 7.11 Å². The summed E-state index contributed by atoms with van der Waals surface area (Å²) in [5.41, 5.74) is 0.274. The van der Waals surface area contributed by atoms with E-state index in [1.54, 1.807) is 49.4 Å². The number of benzene rings is 2. The van der Waals surface area contributed by atoms with Gasteiger partial charge in [0, 0.05) is 10.9 Å². The highest BCUT2D eigenvalue weighted by molar-refractivity contribution is 9.10. The third-order valence-corrected chi connectivity index (χ3v) is 4.69. The molecule has 1 atom stereocenters. The monoisotopic (exact) mass is 417 g/mol. The molecule has 0 saturated carbocycles.